The van der Waals surface area contributed by atoms with Gasteiger partial charge in [0.2, 0.25) is 21.8 Å². The molecule has 2 amide bonds. The minimum Gasteiger partial charge on any atom is -0.350 e. The first-order valence-corrected chi connectivity index (χ1v) is 12.5. The monoisotopic (exact) mass is 475 g/mol. The predicted molar refractivity (Wildman–Crippen MR) is 123 cm³/mol. The quantitative estimate of drug-likeness (QED) is 0.719. The van der Waals surface area contributed by atoms with Gasteiger partial charge < -0.3 is 5.32 Å². The van der Waals surface area contributed by atoms with E-state index in [-0.39, 0.29) is 29.7 Å². The number of benzene rings is 2. The first-order valence-electron chi connectivity index (χ1n) is 10.7. The number of rotatable bonds is 5. The molecule has 1 fully saturated rings. The van der Waals surface area contributed by atoms with Crippen LogP contribution in [0.1, 0.15) is 37.3 Å². The van der Waals surface area contributed by atoms with Crippen LogP contribution in [0.5, 0.6) is 0 Å². The standard InChI is InChI=1S/C23H26ClN3O4S/c1-16(28)27-21-10-9-19(32(30,31)26-11-5-2-6-12-26)13-18(21)14-22(27)23(29)25-15-17-7-3-4-8-20(17)24/h3-4,7-10,13,22H,2,5-6,11-12,14-15H2,1H3,(H,25,29)/t22-/m0/s1. The molecule has 170 valence electrons. The molecule has 32 heavy (non-hydrogen) atoms. The largest absolute Gasteiger partial charge is 0.350 e. The molecule has 2 aromatic rings. The Morgan fingerprint density at radius 2 is 1.81 bits per heavy atom. The summed E-state index contributed by atoms with van der Waals surface area (Å²) in [5.41, 5.74) is 2.03. The fraction of sp³-hybridized carbons (Fsp3) is 0.391. The number of sulfonamides is 1. The number of halogens is 1. The molecular weight excluding hydrogens is 450 g/mol. The molecule has 1 N–H and O–H groups in total. The summed E-state index contributed by atoms with van der Waals surface area (Å²) in [6.45, 7) is 2.69. The zero-order valence-corrected chi connectivity index (χ0v) is 19.5. The maximum absolute atomic E-state index is 13.1. The number of fused-ring (bicyclic) bond motifs is 1. The Bertz CT molecular complexity index is 1150. The average molecular weight is 476 g/mol. The molecule has 4 rings (SSSR count). The van der Waals surface area contributed by atoms with Crippen molar-refractivity contribution < 1.29 is 18.0 Å². The van der Waals surface area contributed by atoms with Gasteiger partial charge in [-0.15, -0.1) is 0 Å². The summed E-state index contributed by atoms with van der Waals surface area (Å²) in [6, 6.07) is 11.3. The second-order valence-electron chi connectivity index (χ2n) is 8.17. The number of carbonyl (C=O) groups is 2. The minimum absolute atomic E-state index is 0.207. The van der Waals surface area contributed by atoms with Crippen LogP contribution in [-0.2, 0) is 32.6 Å². The Labute approximate surface area is 193 Å². The lowest BCUT2D eigenvalue weighted by molar-refractivity contribution is -0.125. The van der Waals surface area contributed by atoms with E-state index in [1.165, 1.54) is 22.2 Å². The van der Waals surface area contributed by atoms with Gasteiger partial charge in [-0.05, 0) is 48.2 Å². The summed E-state index contributed by atoms with van der Waals surface area (Å²) < 4.78 is 27.6. The van der Waals surface area contributed by atoms with E-state index in [2.05, 4.69) is 5.32 Å². The van der Waals surface area contributed by atoms with Crippen LogP contribution in [-0.4, -0.2) is 43.7 Å². The minimum atomic E-state index is -3.60. The van der Waals surface area contributed by atoms with Crippen LogP contribution >= 0.6 is 11.6 Å². The van der Waals surface area contributed by atoms with Crippen LogP contribution in [0.2, 0.25) is 5.02 Å². The van der Waals surface area contributed by atoms with Gasteiger partial charge in [0.05, 0.1) is 4.90 Å². The molecule has 0 unspecified atom stereocenters. The lowest BCUT2D eigenvalue weighted by atomic mass is 10.1. The molecular formula is C23H26ClN3O4S. The molecule has 0 radical (unpaired) electrons. The Morgan fingerprint density at radius 1 is 1.09 bits per heavy atom. The lowest BCUT2D eigenvalue weighted by Crippen LogP contribution is -2.47. The molecule has 0 aromatic heterocycles. The second-order valence-corrected chi connectivity index (χ2v) is 10.5. The fourth-order valence-electron chi connectivity index (χ4n) is 4.38. The number of amides is 2. The van der Waals surface area contributed by atoms with E-state index < -0.39 is 16.1 Å². The Balaban J connectivity index is 1.55. The number of piperidine rings is 1. The summed E-state index contributed by atoms with van der Waals surface area (Å²) in [5, 5.41) is 3.41. The zero-order valence-electron chi connectivity index (χ0n) is 17.9. The van der Waals surface area contributed by atoms with Gasteiger partial charge in [0.15, 0.2) is 0 Å². The Morgan fingerprint density at radius 3 is 2.50 bits per heavy atom. The van der Waals surface area contributed by atoms with Gasteiger partial charge in [0.25, 0.3) is 0 Å². The third-order valence-corrected chi connectivity index (χ3v) is 8.30. The van der Waals surface area contributed by atoms with Crippen molar-refractivity contribution in [3.8, 4) is 0 Å². The third-order valence-electron chi connectivity index (χ3n) is 6.04. The molecule has 2 aliphatic heterocycles. The second kappa shape index (κ2) is 9.21. The topological polar surface area (TPSA) is 86.8 Å². The van der Waals surface area contributed by atoms with Crippen molar-refractivity contribution in [1.82, 2.24) is 9.62 Å². The van der Waals surface area contributed by atoms with Crippen LogP contribution in [0.4, 0.5) is 5.69 Å². The molecule has 1 saturated heterocycles. The van der Waals surface area contributed by atoms with Gasteiger partial charge in [0, 0.05) is 43.7 Å². The third kappa shape index (κ3) is 4.40. The maximum atomic E-state index is 13.1. The van der Waals surface area contributed by atoms with Gasteiger partial charge in [-0.3, -0.25) is 14.5 Å². The maximum Gasteiger partial charge on any atom is 0.243 e. The van der Waals surface area contributed by atoms with E-state index in [0.717, 1.165) is 24.8 Å². The van der Waals surface area contributed by atoms with Gasteiger partial charge in [-0.2, -0.15) is 4.31 Å². The highest BCUT2D eigenvalue weighted by Gasteiger charge is 2.38. The van der Waals surface area contributed by atoms with Gasteiger partial charge in [-0.25, -0.2) is 8.42 Å². The number of nitrogens with zero attached hydrogens (tertiary/aromatic N) is 2. The summed E-state index contributed by atoms with van der Waals surface area (Å²) in [7, 11) is -3.60. The first kappa shape index (κ1) is 22.8. The number of hydrogen-bond acceptors (Lipinski definition) is 4. The molecule has 2 aliphatic rings. The highest BCUT2D eigenvalue weighted by Crippen LogP contribution is 2.35. The number of carbonyl (C=O) groups excluding carboxylic acids is 2. The Kier molecular flexibility index (Phi) is 6.55. The molecule has 0 spiro atoms. The fourth-order valence-corrected chi connectivity index (χ4v) is 6.15. The van der Waals surface area contributed by atoms with Crippen molar-refractivity contribution >= 4 is 39.1 Å². The summed E-state index contributed by atoms with van der Waals surface area (Å²) >= 11 is 6.17. The average Bonchev–Trinajstić information content (AvgIpc) is 3.18. The lowest BCUT2D eigenvalue weighted by Gasteiger charge is -2.26. The van der Waals surface area contributed by atoms with Gasteiger partial charge >= 0.3 is 0 Å². The highest BCUT2D eigenvalue weighted by atomic mass is 35.5. The van der Waals surface area contributed by atoms with E-state index in [4.69, 9.17) is 11.6 Å². The van der Waals surface area contributed by atoms with Crippen LogP contribution in [0.15, 0.2) is 47.4 Å². The molecule has 0 saturated carbocycles. The van der Waals surface area contributed by atoms with Crippen LogP contribution in [0, 0.1) is 0 Å². The van der Waals surface area contributed by atoms with Crippen molar-refractivity contribution in [3.63, 3.8) is 0 Å². The van der Waals surface area contributed by atoms with Crippen molar-refractivity contribution in [2.24, 2.45) is 0 Å². The van der Waals surface area contributed by atoms with Crippen molar-refractivity contribution in [3.05, 3.63) is 58.6 Å². The molecule has 0 aliphatic carbocycles. The van der Waals surface area contributed by atoms with Crippen molar-refractivity contribution in [2.75, 3.05) is 18.0 Å². The summed E-state index contributed by atoms with van der Waals surface area (Å²) in [4.78, 5) is 27.0. The molecule has 0 bridgehead atoms. The van der Waals surface area contributed by atoms with E-state index in [0.29, 0.717) is 29.4 Å². The van der Waals surface area contributed by atoms with Crippen LogP contribution in [0.25, 0.3) is 0 Å². The number of anilines is 1. The van der Waals surface area contributed by atoms with E-state index >= 15 is 0 Å². The SMILES string of the molecule is CC(=O)N1c2ccc(S(=O)(=O)N3CCCCC3)cc2C[C@H]1C(=O)NCc1ccccc1Cl. The molecule has 7 nitrogen and oxygen atoms in total. The molecule has 1 atom stereocenters. The van der Waals surface area contributed by atoms with Gasteiger partial charge in [-0.1, -0.05) is 36.2 Å². The molecule has 9 heteroatoms. The molecule has 2 heterocycles. The summed E-state index contributed by atoms with van der Waals surface area (Å²) in [6.07, 6.45) is 3.01. The predicted octanol–water partition coefficient (Wildman–Crippen LogP) is 3.11. The zero-order chi connectivity index (χ0) is 22.9. The van der Waals surface area contributed by atoms with Crippen LogP contribution < -0.4 is 10.2 Å². The van der Waals surface area contributed by atoms with Crippen molar-refractivity contribution in [2.45, 2.75) is 50.1 Å². The molecule has 2 aromatic carbocycles. The smallest absolute Gasteiger partial charge is 0.243 e. The number of nitrogens with one attached hydrogen (secondary N) is 1. The highest BCUT2D eigenvalue weighted by molar-refractivity contribution is 7.89. The van der Waals surface area contributed by atoms with E-state index in [9.17, 15) is 18.0 Å². The number of hydrogen-bond donors (Lipinski definition) is 1. The first-order chi connectivity index (χ1) is 15.3. The normalized spacial score (nSPS) is 18.9. The van der Waals surface area contributed by atoms with Crippen LogP contribution in [0.3, 0.4) is 0 Å². The van der Waals surface area contributed by atoms with Gasteiger partial charge in [0.1, 0.15) is 6.04 Å². The van der Waals surface area contributed by atoms with E-state index in [1.54, 1.807) is 18.2 Å². The van der Waals surface area contributed by atoms with Crippen molar-refractivity contribution in [1.29, 1.82) is 0 Å². The van der Waals surface area contributed by atoms with E-state index in [1.807, 2.05) is 18.2 Å². The summed E-state index contributed by atoms with van der Waals surface area (Å²) in [5.74, 6) is -0.579. The Hall–Kier alpha value is -2.42.